The Morgan fingerprint density at radius 3 is 2.67 bits per heavy atom. The van der Waals surface area contributed by atoms with Gasteiger partial charge in [-0.15, -0.1) is 24.0 Å². The molecule has 1 N–H and O–H groups in total. The Kier molecular flexibility index (Phi) is 9.61. The van der Waals surface area contributed by atoms with Gasteiger partial charge in [-0.2, -0.15) is 0 Å². The highest BCUT2D eigenvalue weighted by Gasteiger charge is 2.19. The van der Waals surface area contributed by atoms with Gasteiger partial charge in [0.15, 0.2) is 5.96 Å². The van der Waals surface area contributed by atoms with Crippen LogP contribution < -0.4 is 10.2 Å². The molecule has 27 heavy (non-hydrogen) atoms. The molecule has 0 bridgehead atoms. The zero-order chi connectivity index (χ0) is 18.2. The van der Waals surface area contributed by atoms with Crippen LogP contribution >= 0.6 is 24.0 Å². The van der Waals surface area contributed by atoms with Crippen LogP contribution in [0.3, 0.4) is 0 Å². The number of halogens is 1. The summed E-state index contributed by atoms with van der Waals surface area (Å²) in [5.74, 6) is 2.64. The molecule has 7 heteroatoms. The quantitative estimate of drug-likeness (QED) is 0.393. The van der Waals surface area contributed by atoms with Gasteiger partial charge >= 0.3 is 0 Å². The van der Waals surface area contributed by atoms with Crippen LogP contribution in [-0.2, 0) is 11.3 Å². The maximum atomic E-state index is 5.47. The Labute approximate surface area is 180 Å². The minimum atomic E-state index is 0. The fourth-order valence-electron chi connectivity index (χ4n) is 3.78. The number of aromatic nitrogens is 1. The van der Waals surface area contributed by atoms with Crippen molar-refractivity contribution < 1.29 is 4.74 Å². The summed E-state index contributed by atoms with van der Waals surface area (Å²) in [5.41, 5.74) is 1.18. The van der Waals surface area contributed by atoms with Gasteiger partial charge in [0.1, 0.15) is 5.82 Å². The van der Waals surface area contributed by atoms with Gasteiger partial charge in [-0.25, -0.2) is 4.98 Å². The van der Waals surface area contributed by atoms with Gasteiger partial charge in [0.25, 0.3) is 0 Å². The van der Waals surface area contributed by atoms with Crippen LogP contribution in [0.4, 0.5) is 5.82 Å². The predicted octanol–water partition coefficient (Wildman–Crippen LogP) is 3.12. The number of aliphatic imine (C=N–C) groups is 1. The second-order valence-electron chi connectivity index (χ2n) is 7.44. The third-order valence-electron chi connectivity index (χ3n) is 5.32. The van der Waals surface area contributed by atoms with Crippen LogP contribution in [0.25, 0.3) is 0 Å². The number of nitrogens with one attached hydrogen (secondary N) is 1. The number of hydrogen-bond donors (Lipinski definition) is 1. The summed E-state index contributed by atoms with van der Waals surface area (Å²) < 4.78 is 5.47. The number of rotatable bonds is 5. The number of anilines is 1. The number of nitrogens with zero attached hydrogens (tertiary/aromatic N) is 4. The summed E-state index contributed by atoms with van der Waals surface area (Å²) in [5, 5.41) is 3.45. The maximum Gasteiger partial charge on any atom is 0.193 e. The van der Waals surface area contributed by atoms with E-state index < -0.39 is 0 Å². The van der Waals surface area contributed by atoms with Crippen molar-refractivity contribution in [2.45, 2.75) is 38.6 Å². The van der Waals surface area contributed by atoms with E-state index in [1.54, 1.807) is 0 Å². The summed E-state index contributed by atoms with van der Waals surface area (Å²) in [7, 11) is 3.93. The summed E-state index contributed by atoms with van der Waals surface area (Å²) in [6.07, 6.45) is 8.38. The zero-order valence-corrected chi connectivity index (χ0v) is 19.0. The van der Waals surface area contributed by atoms with E-state index in [1.165, 1.54) is 31.2 Å². The van der Waals surface area contributed by atoms with Crippen LogP contribution in [0, 0.1) is 5.92 Å². The Hall–Kier alpha value is -1.09. The molecule has 3 rings (SSSR count). The monoisotopic (exact) mass is 487 g/mol. The molecule has 2 aliphatic heterocycles. The van der Waals surface area contributed by atoms with Gasteiger partial charge in [-0.05, 0) is 30.9 Å². The molecule has 1 aromatic heterocycles. The largest absolute Gasteiger partial charge is 0.381 e. The first kappa shape index (κ1) is 22.2. The highest BCUT2D eigenvalue weighted by Crippen LogP contribution is 2.17. The van der Waals surface area contributed by atoms with E-state index >= 15 is 0 Å². The van der Waals surface area contributed by atoms with Gasteiger partial charge in [0, 0.05) is 59.0 Å². The third kappa shape index (κ3) is 6.78. The molecule has 1 atom stereocenters. The molecule has 2 aliphatic rings. The molecule has 1 unspecified atom stereocenters. The molecule has 0 radical (unpaired) electrons. The van der Waals surface area contributed by atoms with Gasteiger partial charge in [0.05, 0.1) is 6.61 Å². The molecule has 1 aromatic rings. The summed E-state index contributed by atoms with van der Waals surface area (Å²) in [6.45, 7) is 5.74. The minimum Gasteiger partial charge on any atom is -0.381 e. The van der Waals surface area contributed by atoms with Gasteiger partial charge < -0.3 is 19.9 Å². The van der Waals surface area contributed by atoms with Crippen molar-refractivity contribution >= 4 is 35.8 Å². The normalized spacial score (nSPS) is 20.7. The van der Waals surface area contributed by atoms with Crippen molar-refractivity contribution in [1.29, 1.82) is 0 Å². The van der Waals surface area contributed by atoms with Crippen LogP contribution in [0.2, 0.25) is 0 Å². The number of guanidine groups is 1. The SMILES string of the molecule is CN=C(NCc1ccc(N2CCCCCC2)nc1)N(C)CC1CCOC1.I. The van der Waals surface area contributed by atoms with Crippen molar-refractivity contribution in [3.05, 3.63) is 23.9 Å². The van der Waals surface area contributed by atoms with Crippen molar-refractivity contribution in [1.82, 2.24) is 15.2 Å². The van der Waals surface area contributed by atoms with Crippen LogP contribution in [0.5, 0.6) is 0 Å². The Bertz CT molecular complexity index is 566. The molecule has 3 heterocycles. The Morgan fingerprint density at radius 2 is 2.07 bits per heavy atom. The first-order valence-corrected chi connectivity index (χ1v) is 9.95. The van der Waals surface area contributed by atoms with Crippen molar-refractivity contribution in [2.24, 2.45) is 10.9 Å². The molecule has 0 amide bonds. The number of pyridine rings is 1. The molecular weight excluding hydrogens is 453 g/mol. The van der Waals surface area contributed by atoms with Crippen LogP contribution in [0.1, 0.15) is 37.7 Å². The predicted molar refractivity (Wildman–Crippen MR) is 122 cm³/mol. The zero-order valence-electron chi connectivity index (χ0n) is 16.7. The first-order valence-electron chi connectivity index (χ1n) is 9.95. The second-order valence-corrected chi connectivity index (χ2v) is 7.44. The van der Waals surface area contributed by atoms with Gasteiger partial charge in [-0.1, -0.05) is 18.9 Å². The van der Waals surface area contributed by atoms with Crippen molar-refractivity contribution in [3.63, 3.8) is 0 Å². The fraction of sp³-hybridized carbons (Fsp3) is 0.700. The molecule has 0 aromatic carbocycles. The Morgan fingerprint density at radius 1 is 1.30 bits per heavy atom. The average Bonchev–Trinajstić information content (AvgIpc) is 3.02. The van der Waals surface area contributed by atoms with Crippen molar-refractivity contribution in [3.8, 4) is 0 Å². The molecule has 152 valence electrons. The second kappa shape index (κ2) is 11.7. The molecule has 6 nitrogen and oxygen atoms in total. The van der Waals surface area contributed by atoms with E-state index in [0.29, 0.717) is 5.92 Å². The fourth-order valence-corrected chi connectivity index (χ4v) is 3.78. The van der Waals surface area contributed by atoms with Gasteiger partial charge in [-0.3, -0.25) is 4.99 Å². The number of ether oxygens (including phenoxy) is 1. The smallest absolute Gasteiger partial charge is 0.193 e. The molecule has 0 saturated carbocycles. The first-order chi connectivity index (χ1) is 12.8. The van der Waals surface area contributed by atoms with Gasteiger partial charge in [0.2, 0.25) is 0 Å². The van der Waals surface area contributed by atoms with E-state index in [0.717, 1.165) is 57.6 Å². The van der Waals surface area contributed by atoms with E-state index in [1.807, 2.05) is 13.2 Å². The number of hydrogen-bond acceptors (Lipinski definition) is 4. The minimum absolute atomic E-state index is 0. The van der Waals surface area contributed by atoms with E-state index in [2.05, 4.69) is 39.3 Å². The van der Waals surface area contributed by atoms with Crippen LogP contribution in [0.15, 0.2) is 23.3 Å². The van der Waals surface area contributed by atoms with Crippen molar-refractivity contribution in [2.75, 3.05) is 51.8 Å². The molecule has 2 fully saturated rings. The van der Waals surface area contributed by atoms with E-state index in [4.69, 9.17) is 9.72 Å². The highest BCUT2D eigenvalue weighted by atomic mass is 127. The highest BCUT2D eigenvalue weighted by molar-refractivity contribution is 14.0. The summed E-state index contributed by atoms with van der Waals surface area (Å²) >= 11 is 0. The van der Waals surface area contributed by atoms with Crippen LogP contribution in [-0.4, -0.2) is 62.8 Å². The lowest BCUT2D eigenvalue weighted by atomic mass is 10.1. The Balaban J connectivity index is 0.00000261. The average molecular weight is 487 g/mol. The molecule has 0 aliphatic carbocycles. The summed E-state index contributed by atoms with van der Waals surface area (Å²) in [4.78, 5) is 13.7. The summed E-state index contributed by atoms with van der Waals surface area (Å²) in [6, 6.07) is 4.34. The molecular formula is C20H34IN5O. The lowest BCUT2D eigenvalue weighted by Gasteiger charge is -2.24. The van der Waals surface area contributed by atoms with E-state index in [9.17, 15) is 0 Å². The van der Waals surface area contributed by atoms with E-state index in [-0.39, 0.29) is 24.0 Å². The molecule has 2 saturated heterocycles. The standard InChI is InChI=1S/C20H33N5O.HI/c1-21-20(24(2)15-18-9-12-26-16-18)23-14-17-7-8-19(22-13-17)25-10-5-3-4-6-11-25;/h7-8,13,18H,3-6,9-12,14-16H2,1-2H3,(H,21,23);1H. The third-order valence-corrected chi connectivity index (χ3v) is 5.32. The lowest BCUT2D eigenvalue weighted by Crippen LogP contribution is -2.41. The maximum absolute atomic E-state index is 5.47. The molecule has 0 spiro atoms. The topological polar surface area (TPSA) is 53.0 Å². The lowest BCUT2D eigenvalue weighted by molar-refractivity contribution is 0.181.